The highest BCUT2D eigenvalue weighted by Crippen LogP contribution is 2.12. The minimum atomic E-state index is 0.780. The van der Waals surface area contributed by atoms with Crippen LogP contribution in [0.2, 0.25) is 0 Å². The molecule has 0 amide bonds. The minimum absolute atomic E-state index is 0.780. The summed E-state index contributed by atoms with van der Waals surface area (Å²) in [5, 5.41) is 0. The van der Waals surface area contributed by atoms with Crippen molar-refractivity contribution in [2.24, 2.45) is 5.92 Å². The van der Waals surface area contributed by atoms with Crippen molar-refractivity contribution in [1.29, 1.82) is 0 Å². The van der Waals surface area contributed by atoms with E-state index in [4.69, 9.17) is 4.18 Å². The molecule has 0 aliphatic heterocycles. The van der Waals surface area contributed by atoms with Crippen molar-refractivity contribution >= 4 is 12.0 Å². The van der Waals surface area contributed by atoms with Crippen LogP contribution in [0.15, 0.2) is 11.6 Å². The van der Waals surface area contributed by atoms with Gasteiger partial charge in [-0.25, -0.2) is 0 Å². The molecule has 13 heavy (non-hydrogen) atoms. The Labute approximate surface area is 87.1 Å². The van der Waals surface area contributed by atoms with Crippen LogP contribution in [-0.4, -0.2) is 12.9 Å². The molecule has 0 heterocycles. The van der Waals surface area contributed by atoms with Crippen molar-refractivity contribution in [2.75, 3.05) is 12.9 Å². The summed E-state index contributed by atoms with van der Waals surface area (Å²) in [5.41, 5.74) is 1.42. The van der Waals surface area contributed by atoms with Gasteiger partial charge in [0, 0.05) is 6.26 Å². The van der Waals surface area contributed by atoms with Crippen molar-refractivity contribution < 1.29 is 4.18 Å². The average Bonchev–Trinajstić information content (AvgIpc) is 2.04. The number of hydrogen-bond acceptors (Lipinski definition) is 2. The third kappa shape index (κ3) is 9.97. The Morgan fingerprint density at radius 3 is 2.62 bits per heavy atom. The molecule has 0 aromatic rings. The molecule has 1 atom stereocenters. The fourth-order valence-corrected chi connectivity index (χ4v) is 1.40. The maximum absolute atomic E-state index is 5.23. The van der Waals surface area contributed by atoms with Crippen molar-refractivity contribution in [3.8, 4) is 0 Å². The molecule has 2 heteroatoms. The van der Waals surface area contributed by atoms with Gasteiger partial charge in [0.25, 0.3) is 0 Å². The molecule has 0 spiro atoms. The van der Waals surface area contributed by atoms with E-state index in [0.717, 1.165) is 12.5 Å². The zero-order chi connectivity index (χ0) is 10.1. The van der Waals surface area contributed by atoms with Crippen LogP contribution in [0.25, 0.3) is 0 Å². The van der Waals surface area contributed by atoms with Crippen LogP contribution in [0.5, 0.6) is 0 Å². The van der Waals surface area contributed by atoms with E-state index < -0.39 is 0 Å². The smallest absolute Gasteiger partial charge is 0.0616 e. The maximum atomic E-state index is 5.23. The lowest BCUT2D eigenvalue weighted by molar-refractivity contribution is 0.321. The standard InChI is InChI=1S/C11H22OS/c1-10(2)6-5-7-11(3)8-9-12-13-4/h6,11H,5,7-9H2,1-4H3. The summed E-state index contributed by atoms with van der Waals surface area (Å²) >= 11 is 1.46. The van der Waals surface area contributed by atoms with Gasteiger partial charge in [-0.2, -0.15) is 0 Å². The second kappa shape index (κ2) is 8.64. The first kappa shape index (κ1) is 13.1. The number of allylic oxidation sites excluding steroid dienone is 2. The SMILES string of the molecule is CSOCCC(C)CCC=C(C)C. The summed E-state index contributed by atoms with van der Waals surface area (Å²) in [6.07, 6.45) is 7.95. The Morgan fingerprint density at radius 2 is 2.08 bits per heavy atom. The molecule has 0 aromatic carbocycles. The van der Waals surface area contributed by atoms with Crippen LogP contribution in [0.4, 0.5) is 0 Å². The van der Waals surface area contributed by atoms with Gasteiger partial charge in [0.1, 0.15) is 0 Å². The monoisotopic (exact) mass is 202 g/mol. The first-order chi connectivity index (χ1) is 6.16. The quantitative estimate of drug-likeness (QED) is 0.350. The lowest BCUT2D eigenvalue weighted by Crippen LogP contribution is -1.98. The predicted molar refractivity (Wildman–Crippen MR) is 61.9 cm³/mol. The Hall–Kier alpha value is 0.0500. The Bertz CT molecular complexity index is 139. The molecule has 1 nitrogen and oxygen atoms in total. The fraction of sp³-hybridized carbons (Fsp3) is 0.818. The van der Waals surface area contributed by atoms with E-state index in [1.165, 1.54) is 36.9 Å². The summed E-state index contributed by atoms with van der Waals surface area (Å²) < 4.78 is 5.23. The molecule has 0 saturated heterocycles. The lowest BCUT2D eigenvalue weighted by atomic mass is 10.0. The van der Waals surface area contributed by atoms with Gasteiger partial charge < -0.3 is 4.18 Å². The zero-order valence-electron chi connectivity index (χ0n) is 9.30. The van der Waals surface area contributed by atoms with Crippen molar-refractivity contribution in [2.45, 2.75) is 40.0 Å². The molecular formula is C11H22OS. The molecule has 0 aliphatic carbocycles. The number of rotatable bonds is 7. The molecule has 0 aliphatic rings. The molecule has 0 fully saturated rings. The van der Waals surface area contributed by atoms with E-state index in [-0.39, 0.29) is 0 Å². The highest BCUT2D eigenvalue weighted by molar-refractivity contribution is 7.93. The second-order valence-corrected chi connectivity index (χ2v) is 4.31. The normalized spacial score (nSPS) is 12.6. The summed E-state index contributed by atoms with van der Waals surface area (Å²) in [6.45, 7) is 7.49. The van der Waals surface area contributed by atoms with Gasteiger partial charge >= 0.3 is 0 Å². The molecule has 0 bridgehead atoms. The molecule has 78 valence electrons. The van der Waals surface area contributed by atoms with Crippen LogP contribution >= 0.6 is 12.0 Å². The first-order valence-electron chi connectivity index (χ1n) is 4.95. The minimum Gasteiger partial charge on any atom is -0.316 e. The average molecular weight is 202 g/mol. The summed E-state index contributed by atoms with van der Waals surface area (Å²) in [5.74, 6) is 0.780. The Kier molecular flexibility index (Phi) is 8.67. The van der Waals surface area contributed by atoms with E-state index in [9.17, 15) is 0 Å². The molecule has 0 aromatic heterocycles. The first-order valence-corrected chi connectivity index (χ1v) is 6.10. The van der Waals surface area contributed by atoms with Crippen molar-refractivity contribution in [3.63, 3.8) is 0 Å². The summed E-state index contributed by atoms with van der Waals surface area (Å²) in [6, 6.07) is 0. The third-order valence-corrected chi connectivity index (χ3v) is 2.43. The van der Waals surface area contributed by atoms with Gasteiger partial charge in [0.15, 0.2) is 0 Å². The van der Waals surface area contributed by atoms with Crippen LogP contribution in [0.1, 0.15) is 40.0 Å². The fourth-order valence-electron chi connectivity index (χ4n) is 1.13. The predicted octanol–water partition coefficient (Wildman–Crippen LogP) is 4.05. The van der Waals surface area contributed by atoms with E-state index in [2.05, 4.69) is 26.8 Å². The number of hydrogen-bond donors (Lipinski definition) is 0. The molecule has 0 radical (unpaired) electrons. The lowest BCUT2D eigenvalue weighted by Gasteiger charge is -2.08. The van der Waals surface area contributed by atoms with E-state index in [1.54, 1.807) is 0 Å². The van der Waals surface area contributed by atoms with Crippen LogP contribution in [0, 0.1) is 5.92 Å². The van der Waals surface area contributed by atoms with Crippen molar-refractivity contribution in [1.82, 2.24) is 0 Å². The van der Waals surface area contributed by atoms with E-state index in [0.29, 0.717) is 0 Å². The van der Waals surface area contributed by atoms with Gasteiger partial charge in [-0.15, -0.1) is 0 Å². The van der Waals surface area contributed by atoms with Crippen LogP contribution < -0.4 is 0 Å². The molecule has 0 rings (SSSR count). The highest BCUT2D eigenvalue weighted by atomic mass is 32.2. The largest absolute Gasteiger partial charge is 0.316 e. The maximum Gasteiger partial charge on any atom is 0.0616 e. The van der Waals surface area contributed by atoms with E-state index >= 15 is 0 Å². The third-order valence-electron chi connectivity index (χ3n) is 2.02. The zero-order valence-corrected chi connectivity index (χ0v) is 10.1. The summed E-state index contributed by atoms with van der Waals surface area (Å²) in [4.78, 5) is 0. The molecule has 0 N–H and O–H groups in total. The molecule has 0 saturated carbocycles. The van der Waals surface area contributed by atoms with Crippen molar-refractivity contribution in [3.05, 3.63) is 11.6 Å². The summed E-state index contributed by atoms with van der Waals surface area (Å²) in [7, 11) is 0. The van der Waals surface area contributed by atoms with E-state index in [1.807, 2.05) is 6.26 Å². The highest BCUT2D eigenvalue weighted by Gasteiger charge is 2.00. The molecular weight excluding hydrogens is 180 g/mol. The Balaban J connectivity index is 3.30. The van der Waals surface area contributed by atoms with Crippen LogP contribution in [0.3, 0.4) is 0 Å². The second-order valence-electron chi connectivity index (χ2n) is 3.74. The van der Waals surface area contributed by atoms with Crippen LogP contribution in [-0.2, 0) is 4.18 Å². The van der Waals surface area contributed by atoms with Gasteiger partial charge in [0.05, 0.1) is 6.61 Å². The van der Waals surface area contributed by atoms with Gasteiger partial charge in [0.2, 0.25) is 0 Å². The topological polar surface area (TPSA) is 9.23 Å². The van der Waals surface area contributed by atoms with Gasteiger partial charge in [-0.05, 0) is 51.1 Å². The molecule has 1 unspecified atom stereocenters. The van der Waals surface area contributed by atoms with Gasteiger partial charge in [-0.1, -0.05) is 18.6 Å². The Morgan fingerprint density at radius 1 is 1.38 bits per heavy atom. The van der Waals surface area contributed by atoms with Gasteiger partial charge in [-0.3, -0.25) is 0 Å².